The number of halogens is 2. The molecule has 0 saturated heterocycles. The number of ether oxygens (including phenoxy) is 1. The van der Waals surface area contributed by atoms with Gasteiger partial charge in [0.25, 0.3) is 0 Å². The number of hydrogen-bond acceptors (Lipinski definition) is 4. The number of aryl methyl sites for hydroxylation is 1. The van der Waals surface area contributed by atoms with Crippen molar-refractivity contribution in [2.24, 2.45) is 5.73 Å². The van der Waals surface area contributed by atoms with Crippen LogP contribution in [0.2, 0.25) is 0 Å². The van der Waals surface area contributed by atoms with Crippen molar-refractivity contribution >= 4 is 0 Å². The summed E-state index contributed by atoms with van der Waals surface area (Å²) in [4.78, 5) is 0. The van der Waals surface area contributed by atoms with Gasteiger partial charge in [-0.15, -0.1) is 0 Å². The molecule has 1 heterocycles. The van der Waals surface area contributed by atoms with E-state index in [1.54, 1.807) is 13.0 Å². The van der Waals surface area contributed by atoms with Crippen LogP contribution in [0.25, 0.3) is 0 Å². The average Bonchev–Trinajstić information content (AvgIpc) is 2.83. The van der Waals surface area contributed by atoms with E-state index < -0.39 is 17.4 Å². The van der Waals surface area contributed by atoms with Gasteiger partial charge in [0, 0.05) is 12.1 Å². The van der Waals surface area contributed by atoms with Crippen molar-refractivity contribution in [3.05, 3.63) is 46.9 Å². The second-order valence-electron chi connectivity index (χ2n) is 4.98. The first kappa shape index (κ1) is 15.4. The van der Waals surface area contributed by atoms with Gasteiger partial charge in [-0.05, 0) is 37.5 Å². The Balaban J connectivity index is 2.09. The van der Waals surface area contributed by atoms with Gasteiger partial charge in [0.15, 0.2) is 17.4 Å². The molecule has 1 aromatic carbocycles. The molecule has 0 aliphatic heterocycles. The predicted molar refractivity (Wildman–Crippen MR) is 73.9 cm³/mol. The van der Waals surface area contributed by atoms with Gasteiger partial charge in [-0.3, -0.25) is 0 Å². The van der Waals surface area contributed by atoms with E-state index in [0.717, 1.165) is 6.42 Å². The highest BCUT2D eigenvalue weighted by molar-refractivity contribution is 5.32. The summed E-state index contributed by atoms with van der Waals surface area (Å²) >= 11 is 0. The molecule has 0 aliphatic carbocycles. The molecule has 21 heavy (non-hydrogen) atoms. The second-order valence-corrected chi connectivity index (χ2v) is 4.98. The van der Waals surface area contributed by atoms with Crippen LogP contribution in [0.5, 0.6) is 5.75 Å². The normalized spacial score (nSPS) is 12.4. The molecule has 0 bridgehead atoms. The Morgan fingerprint density at radius 3 is 2.48 bits per heavy atom. The van der Waals surface area contributed by atoms with E-state index in [4.69, 9.17) is 15.0 Å². The molecule has 114 valence electrons. The summed E-state index contributed by atoms with van der Waals surface area (Å²) in [5, 5.41) is 3.70. The summed E-state index contributed by atoms with van der Waals surface area (Å²) in [7, 11) is 0. The minimum Gasteiger partial charge on any atom is -0.481 e. The first-order chi connectivity index (χ1) is 9.99. The minimum absolute atomic E-state index is 0.0565. The fraction of sp³-hybridized carbons (Fsp3) is 0.400. The van der Waals surface area contributed by atoms with Crippen LogP contribution in [0, 0.1) is 18.6 Å². The highest BCUT2D eigenvalue weighted by Gasteiger charge is 2.15. The number of rotatable bonds is 6. The molecule has 1 aromatic heterocycles. The Hall–Kier alpha value is -1.95. The van der Waals surface area contributed by atoms with Crippen molar-refractivity contribution in [1.82, 2.24) is 5.16 Å². The lowest BCUT2D eigenvalue weighted by atomic mass is 10.0. The molecule has 0 saturated carbocycles. The summed E-state index contributed by atoms with van der Waals surface area (Å²) in [5.41, 5.74) is 6.78. The Morgan fingerprint density at radius 2 is 1.95 bits per heavy atom. The second kappa shape index (κ2) is 6.67. The molecule has 0 amide bonds. The van der Waals surface area contributed by atoms with Gasteiger partial charge in [-0.1, -0.05) is 12.1 Å². The van der Waals surface area contributed by atoms with E-state index in [1.165, 1.54) is 12.1 Å². The van der Waals surface area contributed by atoms with E-state index >= 15 is 0 Å². The van der Waals surface area contributed by atoms with Crippen LogP contribution in [-0.2, 0) is 13.0 Å². The van der Waals surface area contributed by atoms with Gasteiger partial charge in [-0.25, -0.2) is 8.78 Å². The standard InChI is InChI=1S/C15H18F2N2O2/c1-3-11(18)5-10-6-13(16)15(14(17)7-10)20-8-12-4-9(2)21-19-12/h4,6-7,11H,3,5,8,18H2,1-2H3. The molecule has 2 N–H and O–H groups in total. The highest BCUT2D eigenvalue weighted by Crippen LogP contribution is 2.25. The van der Waals surface area contributed by atoms with Crippen molar-refractivity contribution in [2.45, 2.75) is 39.3 Å². The maximum Gasteiger partial charge on any atom is 0.191 e. The van der Waals surface area contributed by atoms with Gasteiger partial charge < -0.3 is 15.0 Å². The van der Waals surface area contributed by atoms with Crippen LogP contribution >= 0.6 is 0 Å². The minimum atomic E-state index is -0.742. The lowest BCUT2D eigenvalue weighted by Crippen LogP contribution is -2.21. The number of nitrogens with zero attached hydrogens (tertiary/aromatic N) is 1. The van der Waals surface area contributed by atoms with Crippen LogP contribution in [0.3, 0.4) is 0 Å². The fourth-order valence-corrected chi connectivity index (χ4v) is 1.95. The Kier molecular flexibility index (Phi) is 4.90. The highest BCUT2D eigenvalue weighted by atomic mass is 19.1. The van der Waals surface area contributed by atoms with Crippen molar-refractivity contribution < 1.29 is 18.0 Å². The van der Waals surface area contributed by atoms with E-state index in [-0.39, 0.29) is 12.6 Å². The number of benzene rings is 1. The molecule has 0 spiro atoms. The summed E-state index contributed by atoms with van der Waals surface area (Å²) in [6.07, 6.45) is 1.17. The Morgan fingerprint density at radius 1 is 1.29 bits per heavy atom. The van der Waals surface area contributed by atoms with Gasteiger partial charge in [0.05, 0.1) is 0 Å². The zero-order valence-electron chi connectivity index (χ0n) is 12.0. The maximum atomic E-state index is 13.9. The third-order valence-corrected chi connectivity index (χ3v) is 3.12. The first-order valence-electron chi connectivity index (χ1n) is 6.78. The first-order valence-corrected chi connectivity index (χ1v) is 6.78. The smallest absolute Gasteiger partial charge is 0.191 e. The van der Waals surface area contributed by atoms with Crippen LogP contribution in [0.4, 0.5) is 8.78 Å². The SMILES string of the molecule is CCC(N)Cc1cc(F)c(OCc2cc(C)on2)c(F)c1. The summed E-state index contributed by atoms with van der Waals surface area (Å²) in [5.74, 6) is -1.29. The van der Waals surface area contributed by atoms with Crippen molar-refractivity contribution in [3.63, 3.8) is 0 Å². The summed E-state index contributed by atoms with van der Waals surface area (Å²) in [6.45, 7) is 3.59. The molecular formula is C15H18F2N2O2. The molecule has 0 radical (unpaired) electrons. The van der Waals surface area contributed by atoms with Crippen LogP contribution in [0.1, 0.15) is 30.4 Å². The van der Waals surface area contributed by atoms with E-state index in [9.17, 15) is 8.78 Å². The van der Waals surface area contributed by atoms with Crippen molar-refractivity contribution in [2.75, 3.05) is 0 Å². The van der Waals surface area contributed by atoms with Crippen molar-refractivity contribution in [1.29, 1.82) is 0 Å². The van der Waals surface area contributed by atoms with Gasteiger partial charge in [0.1, 0.15) is 18.1 Å². The van der Waals surface area contributed by atoms with E-state index in [0.29, 0.717) is 23.4 Å². The van der Waals surface area contributed by atoms with E-state index in [1.807, 2.05) is 6.92 Å². The van der Waals surface area contributed by atoms with E-state index in [2.05, 4.69) is 5.16 Å². The Bertz CT molecular complexity index is 590. The van der Waals surface area contributed by atoms with Gasteiger partial charge in [0.2, 0.25) is 0 Å². The number of aromatic nitrogens is 1. The zero-order valence-corrected chi connectivity index (χ0v) is 12.0. The molecule has 4 nitrogen and oxygen atoms in total. The topological polar surface area (TPSA) is 61.3 Å². The molecular weight excluding hydrogens is 278 g/mol. The predicted octanol–water partition coefficient (Wildman–Crippen LogP) is 3.12. The molecule has 1 atom stereocenters. The van der Waals surface area contributed by atoms with Gasteiger partial charge in [-0.2, -0.15) is 0 Å². The molecule has 0 aliphatic rings. The van der Waals surface area contributed by atoms with Crippen molar-refractivity contribution in [3.8, 4) is 5.75 Å². The third kappa shape index (κ3) is 4.01. The quantitative estimate of drug-likeness (QED) is 0.889. The Labute approximate surface area is 121 Å². The van der Waals surface area contributed by atoms with Crippen LogP contribution in [-0.4, -0.2) is 11.2 Å². The average molecular weight is 296 g/mol. The zero-order chi connectivity index (χ0) is 15.4. The van der Waals surface area contributed by atoms with Crippen LogP contribution < -0.4 is 10.5 Å². The largest absolute Gasteiger partial charge is 0.481 e. The third-order valence-electron chi connectivity index (χ3n) is 3.12. The van der Waals surface area contributed by atoms with Crippen LogP contribution in [0.15, 0.2) is 22.7 Å². The maximum absolute atomic E-state index is 13.9. The summed E-state index contributed by atoms with van der Waals surface area (Å²) in [6, 6.07) is 4.03. The van der Waals surface area contributed by atoms with Gasteiger partial charge >= 0.3 is 0 Å². The molecule has 2 rings (SSSR count). The lowest BCUT2D eigenvalue weighted by Gasteiger charge is -2.11. The lowest BCUT2D eigenvalue weighted by molar-refractivity contribution is 0.261. The molecule has 2 aromatic rings. The number of hydrogen-bond donors (Lipinski definition) is 1. The monoisotopic (exact) mass is 296 g/mol. The molecule has 0 fully saturated rings. The number of nitrogens with two attached hydrogens (primary N) is 1. The summed E-state index contributed by atoms with van der Waals surface area (Å²) < 4.78 is 37.9. The fourth-order valence-electron chi connectivity index (χ4n) is 1.95. The molecule has 6 heteroatoms. The molecule has 1 unspecified atom stereocenters.